The predicted molar refractivity (Wildman–Crippen MR) is 141 cm³/mol. The molecule has 6 nitrogen and oxygen atoms in total. The number of benzene rings is 3. The van der Waals surface area contributed by atoms with Gasteiger partial charge in [-0.15, -0.1) is 0 Å². The Balaban J connectivity index is 1.56. The number of carbonyl (C=O) groups is 2. The van der Waals surface area contributed by atoms with Crippen molar-refractivity contribution in [2.45, 2.75) is 6.42 Å². The summed E-state index contributed by atoms with van der Waals surface area (Å²) in [6.45, 7) is 0. The molecule has 0 aliphatic heterocycles. The Labute approximate surface area is 207 Å². The largest absolute Gasteiger partial charge is 0.478 e. The van der Waals surface area contributed by atoms with Gasteiger partial charge < -0.3 is 15.2 Å². The molecule has 1 heterocycles. The van der Waals surface area contributed by atoms with E-state index in [1.165, 1.54) is 11.1 Å². The van der Waals surface area contributed by atoms with Crippen LogP contribution in [0.3, 0.4) is 0 Å². The summed E-state index contributed by atoms with van der Waals surface area (Å²) >= 11 is 0. The number of hydrogen-bond donors (Lipinski definition) is 3. The molecule has 176 valence electrons. The van der Waals surface area contributed by atoms with Gasteiger partial charge in [-0.05, 0) is 46.9 Å². The van der Waals surface area contributed by atoms with Crippen molar-refractivity contribution in [3.05, 3.63) is 107 Å². The number of hydrogen-bond acceptors (Lipinski definition) is 3. The van der Waals surface area contributed by atoms with E-state index < -0.39 is 11.9 Å². The Morgan fingerprint density at radius 1 is 0.778 bits per heavy atom. The molecular formula is C30H22N2O4. The minimum atomic E-state index is -0.996. The maximum atomic E-state index is 10.8. The smallest absolute Gasteiger partial charge is 0.328 e. The molecule has 0 spiro atoms. The van der Waals surface area contributed by atoms with Gasteiger partial charge in [0.2, 0.25) is 0 Å². The third-order valence-electron chi connectivity index (χ3n) is 5.98. The summed E-state index contributed by atoms with van der Waals surface area (Å²) in [6.07, 6.45) is 10.5. The third kappa shape index (κ3) is 4.93. The molecule has 0 amide bonds. The number of rotatable bonds is 7. The zero-order valence-corrected chi connectivity index (χ0v) is 19.2. The van der Waals surface area contributed by atoms with Gasteiger partial charge in [0.25, 0.3) is 0 Å². The Bertz CT molecular complexity index is 1450. The molecule has 3 N–H and O–H groups in total. The highest BCUT2D eigenvalue weighted by Crippen LogP contribution is 2.34. The zero-order valence-electron chi connectivity index (χ0n) is 19.2. The average Bonchev–Trinajstić information content (AvgIpc) is 3.54. The molecule has 0 radical (unpaired) electrons. The first-order valence-corrected chi connectivity index (χ1v) is 11.4. The van der Waals surface area contributed by atoms with Gasteiger partial charge in [-0.25, -0.2) is 14.6 Å². The molecule has 1 aromatic heterocycles. The fourth-order valence-corrected chi connectivity index (χ4v) is 4.18. The lowest BCUT2D eigenvalue weighted by Gasteiger charge is -2.05. The van der Waals surface area contributed by atoms with E-state index in [-0.39, 0.29) is 0 Å². The molecule has 0 bridgehead atoms. The van der Waals surface area contributed by atoms with E-state index in [9.17, 15) is 9.59 Å². The maximum Gasteiger partial charge on any atom is 0.328 e. The first-order chi connectivity index (χ1) is 17.5. The Morgan fingerprint density at radius 2 is 1.36 bits per heavy atom. The first kappa shape index (κ1) is 22.8. The number of carboxylic acids is 2. The summed E-state index contributed by atoms with van der Waals surface area (Å²) in [6, 6.07) is 21.4. The van der Waals surface area contributed by atoms with Crippen molar-refractivity contribution in [2.75, 3.05) is 0 Å². The van der Waals surface area contributed by atoms with E-state index in [2.05, 4.69) is 35.3 Å². The number of carboxylic acid groups (broad SMARTS) is 2. The Kier molecular flexibility index (Phi) is 6.16. The standard InChI is InChI=1S/C30H22N2O4/c33-26(34)16-8-19-4-10-22(11-5-19)28-29(23-12-6-20(7-13-23)9-17-27(35)36)32-30(31-28)25-15-14-21-2-1-3-24(21)18-25/h1-2,4-18H,3H2,(H,31,32)(H,33,34)(H,35,36)/b16-8+,17-9+. The van der Waals surface area contributed by atoms with Crippen LogP contribution in [0.1, 0.15) is 22.3 Å². The predicted octanol–water partition coefficient (Wildman–Crippen LogP) is 6.18. The van der Waals surface area contributed by atoms with Crippen molar-refractivity contribution in [2.24, 2.45) is 0 Å². The molecule has 1 aliphatic carbocycles. The molecule has 4 aromatic rings. The van der Waals surface area contributed by atoms with Crippen molar-refractivity contribution in [3.8, 4) is 33.9 Å². The molecule has 0 fully saturated rings. The summed E-state index contributed by atoms with van der Waals surface area (Å²) in [5.41, 5.74) is 8.44. The minimum Gasteiger partial charge on any atom is -0.478 e. The van der Waals surface area contributed by atoms with E-state index >= 15 is 0 Å². The highest BCUT2D eigenvalue weighted by molar-refractivity contribution is 5.87. The van der Waals surface area contributed by atoms with E-state index in [0.29, 0.717) is 0 Å². The summed E-state index contributed by atoms with van der Waals surface area (Å²) in [5, 5.41) is 17.8. The van der Waals surface area contributed by atoms with Crippen molar-refractivity contribution in [3.63, 3.8) is 0 Å². The van der Waals surface area contributed by atoms with Crippen molar-refractivity contribution >= 4 is 30.2 Å². The second-order valence-corrected chi connectivity index (χ2v) is 8.42. The summed E-state index contributed by atoms with van der Waals surface area (Å²) < 4.78 is 0. The Hall–Kier alpha value is -4.97. The lowest BCUT2D eigenvalue weighted by Crippen LogP contribution is -1.87. The summed E-state index contributed by atoms with van der Waals surface area (Å²) in [5.74, 6) is -1.24. The third-order valence-corrected chi connectivity index (χ3v) is 5.98. The van der Waals surface area contributed by atoms with Crippen LogP contribution in [0.4, 0.5) is 0 Å². The van der Waals surface area contributed by atoms with Crippen LogP contribution in [-0.2, 0) is 16.0 Å². The average molecular weight is 475 g/mol. The fraction of sp³-hybridized carbons (Fsp3) is 0.0333. The van der Waals surface area contributed by atoms with Gasteiger partial charge in [-0.3, -0.25) is 0 Å². The second-order valence-electron chi connectivity index (χ2n) is 8.42. The van der Waals surface area contributed by atoms with Gasteiger partial charge in [-0.1, -0.05) is 72.8 Å². The molecule has 5 rings (SSSR count). The van der Waals surface area contributed by atoms with E-state index in [1.807, 2.05) is 48.5 Å². The summed E-state index contributed by atoms with van der Waals surface area (Å²) in [7, 11) is 0. The molecule has 36 heavy (non-hydrogen) atoms. The van der Waals surface area contributed by atoms with Gasteiger partial charge in [0.05, 0.1) is 11.4 Å². The number of nitrogens with zero attached hydrogens (tertiary/aromatic N) is 1. The number of nitrogens with one attached hydrogen (secondary N) is 1. The summed E-state index contributed by atoms with van der Waals surface area (Å²) in [4.78, 5) is 30.1. The Morgan fingerprint density at radius 3 is 1.97 bits per heavy atom. The fourth-order valence-electron chi connectivity index (χ4n) is 4.18. The lowest BCUT2D eigenvalue weighted by molar-refractivity contribution is -0.132. The van der Waals surface area contributed by atoms with Gasteiger partial charge in [0.15, 0.2) is 0 Å². The highest BCUT2D eigenvalue weighted by atomic mass is 16.4. The molecular weight excluding hydrogens is 452 g/mol. The molecule has 0 saturated heterocycles. The molecule has 0 unspecified atom stereocenters. The number of aromatic amines is 1. The lowest BCUT2D eigenvalue weighted by atomic mass is 10.0. The van der Waals surface area contributed by atoms with E-state index in [4.69, 9.17) is 15.2 Å². The zero-order chi connectivity index (χ0) is 25.1. The molecule has 0 saturated carbocycles. The SMILES string of the molecule is O=C(O)/C=C/c1ccc(-c2nc(-c3ccc4c(c3)CC=C4)[nH]c2-c2ccc(/C=C/C(=O)O)cc2)cc1. The minimum absolute atomic E-state index is 0.749. The van der Waals surface area contributed by atoms with Gasteiger partial charge in [0.1, 0.15) is 5.82 Å². The molecule has 3 aromatic carbocycles. The second kappa shape index (κ2) is 9.72. The van der Waals surface area contributed by atoms with Crippen LogP contribution >= 0.6 is 0 Å². The van der Waals surface area contributed by atoms with Gasteiger partial charge in [0, 0.05) is 28.8 Å². The first-order valence-electron chi connectivity index (χ1n) is 11.4. The van der Waals surface area contributed by atoms with Crippen LogP contribution in [0.15, 0.2) is 85.0 Å². The van der Waals surface area contributed by atoms with Crippen LogP contribution in [-0.4, -0.2) is 32.1 Å². The van der Waals surface area contributed by atoms with Crippen molar-refractivity contribution < 1.29 is 19.8 Å². The number of aromatic nitrogens is 2. The highest BCUT2D eigenvalue weighted by Gasteiger charge is 2.17. The number of fused-ring (bicyclic) bond motifs is 1. The van der Waals surface area contributed by atoms with Crippen LogP contribution in [0.25, 0.3) is 52.1 Å². The number of aliphatic carboxylic acids is 2. The topological polar surface area (TPSA) is 103 Å². The monoisotopic (exact) mass is 474 g/mol. The molecule has 6 heteroatoms. The normalized spacial score (nSPS) is 12.4. The number of H-pyrrole nitrogens is 1. The number of imidazole rings is 1. The van der Waals surface area contributed by atoms with Crippen LogP contribution in [0.5, 0.6) is 0 Å². The van der Waals surface area contributed by atoms with Crippen molar-refractivity contribution in [1.82, 2.24) is 9.97 Å². The quantitative estimate of drug-likeness (QED) is 0.278. The van der Waals surface area contributed by atoms with Crippen LogP contribution < -0.4 is 0 Å². The van der Waals surface area contributed by atoms with Crippen LogP contribution in [0.2, 0.25) is 0 Å². The van der Waals surface area contributed by atoms with Crippen molar-refractivity contribution in [1.29, 1.82) is 0 Å². The van der Waals surface area contributed by atoms with Crippen LogP contribution in [0, 0.1) is 0 Å². The van der Waals surface area contributed by atoms with Gasteiger partial charge >= 0.3 is 11.9 Å². The van der Waals surface area contributed by atoms with E-state index in [0.717, 1.165) is 63.6 Å². The molecule has 0 atom stereocenters. The van der Waals surface area contributed by atoms with Gasteiger partial charge in [-0.2, -0.15) is 0 Å². The molecule has 1 aliphatic rings. The van der Waals surface area contributed by atoms with E-state index in [1.54, 1.807) is 12.2 Å². The maximum absolute atomic E-state index is 10.8. The number of allylic oxidation sites excluding steroid dienone is 1.